The first kappa shape index (κ1) is 21.4. The summed E-state index contributed by atoms with van der Waals surface area (Å²) in [7, 11) is -3.92. The number of benzene rings is 1. The van der Waals surface area contributed by atoms with Crippen molar-refractivity contribution in [1.29, 1.82) is 0 Å². The van der Waals surface area contributed by atoms with Crippen LogP contribution in [-0.2, 0) is 16.6 Å². The number of hydrogen-bond donors (Lipinski definition) is 2. The highest BCUT2D eigenvalue weighted by molar-refractivity contribution is 7.89. The molecule has 0 aliphatic rings. The van der Waals surface area contributed by atoms with Gasteiger partial charge in [0.1, 0.15) is 11.5 Å². The summed E-state index contributed by atoms with van der Waals surface area (Å²) in [4.78, 5) is 32.9. The lowest BCUT2D eigenvalue weighted by atomic mass is 10.1. The average Bonchev–Trinajstić information content (AvgIpc) is 3.02. The van der Waals surface area contributed by atoms with Crippen molar-refractivity contribution in [2.45, 2.75) is 13.5 Å². The maximum Gasteiger partial charge on any atom is 0.282 e. The normalized spacial score (nSPS) is 11.6. The molecule has 0 spiro atoms. The van der Waals surface area contributed by atoms with Gasteiger partial charge >= 0.3 is 0 Å². The van der Waals surface area contributed by atoms with Crippen LogP contribution in [0.25, 0.3) is 22.2 Å². The highest BCUT2D eigenvalue weighted by Gasteiger charge is 2.28. The molecule has 1 aromatic carbocycles. The van der Waals surface area contributed by atoms with E-state index in [1.54, 1.807) is 43.3 Å². The molecular formula is C22H19FN4O4S. The number of rotatable bonds is 5. The molecule has 164 valence electrons. The second kappa shape index (κ2) is 8.04. The Morgan fingerprint density at radius 2 is 1.91 bits per heavy atom. The summed E-state index contributed by atoms with van der Waals surface area (Å²) in [5.41, 5.74) is 1.42. The highest BCUT2D eigenvalue weighted by Crippen LogP contribution is 2.33. The molecule has 32 heavy (non-hydrogen) atoms. The number of amides is 1. The Morgan fingerprint density at radius 1 is 1.16 bits per heavy atom. The number of halogens is 1. The Morgan fingerprint density at radius 3 is 2.59 bits per heavy atom. The third kappa shape index (κ3) is 4.04. The van der Waals surface area contributed by atoms with Gasteiger partial charge in [-0.15, -0.1) is 0 Å². The Labute approximate surface area is 182 Å². The fourth-order valence-corrected chi connectivity index (χ4v) is 4.04. The highest BCUT2D eigenvalue weighted by atomic mass is 32.2. The molecule has 3 aromatic heterocycles. The second-order valence-corrected chi connectivity index (χ2v) is 9.09. The van der Waals surface area contributed by atoms with Crippen LogP contribution in [0.2, 0.25) is 0 Å². The number of nitrogens with zero attached hydrogens (tertiary/aromatic N) is 2. The van der Waals surface area contributed by atoms with Gasteiger partial charge in [-0.1, -0.05) is 18.2 Å². The number of aryl methyl sites for hydroxylation is 1. The molecule has 0 aliphatic heterocycles. The molecule has 4 rings (SSSR count). The van der Waals surface area contributed by atoms with Gasteiger partial charge in [0, 0.05) is 23.0 Å². The molecule has 3 heterocycles. The van der Waals surface area contributed by atoms with Crippen LogP contribution in [0.3, 0.4) is 0 Å². The van der Waals surface area contributed by atoms with Crippen molar-refractivity contribution in [3.05, 3.63) is 87.9 Å². The van der Waals surface area contributed by atoms with E-state index in [0.29, 0.717) is 16.7 Å². The number of hydrogen-bond acceptors (Lipinski definition) is 5. The lowest BCUT2D eigenvalue weighted by Gasteiger charge is -2.12. The summed E-state index contributed by atoms with van der Waals surface area (Å²) in [5.74, 6) is -1.43. The van der Waals surface area contributed by atoms with Crippen LogP contribution in [0, 0.1) is 12.7 Å². The minimum absolute atomic E-state index is 0.0782. The fourth-order valence-electron chi connectivity index (χ4n) is 3.61. The van der Waals surface area contributed by atoms with Crippen LogP contribution in [0.4, 0.5) is 4.39 Å². The number of sulfonamides is 1. The molecule has 1 amide bonds. The van der Waals surface area contributed by atoms with Crippen molar-refractivity contribution in [2.75, 3.05) is 6.26 Å². The molecule has 0 radical (unpaired) electrons. The Hall–Kier alpha value is -3.79. The number of pyridine rings is 2. The zero-order valence-corrected chi connectivity index (χ0v) is 18.0. The lowest BCUT2D eigenvalue weighted by molar-refractivity contribution is 0.0974. The van der Waals surface area contributed by atoms with Gasteiger partial charge in [0.2, 0.25) is 10.0 Å². The first-order chi connectivity index (χ1) is 15.2. The molecule has 2 N–H and O–H groups in total. The van der Waals surface area contributed by atoms with Crippen molar-refractivity contribution < 1.29 is 17.6 Å². The Kier molecular flexibility index (Phi) is 5.39. The molecule has 4 aromatic rings. The summed E-state index contributed by atoms with van der Waals surface area (Å²) < 4.78 is 41.6. The Balaban J connectivity index is 2.10. The molecule has 0 unspecified atom stereocenters. The predicted octanol–water partition coefficient (Wildman–Crippen LogP) is 2.58. The third-order valence-corrected chi connectivity index (χ3v) is 5.47. The molecule has 8 nitrogen and oxygen atoms in total. The number of nitrogens with one attached hydrogen (secondary N) is 2. The minimum Gasteiger partial charge on any atom is -0.330 e. The maximum absolute atomic E-state index is 14.5. The lowest BCUT2D eigenvalue weighted by Crippen LogP contribution is -2.32. The summed E-state index contributed by atoms with van der Waals surface area (Å²) in [6, 6.07) is 12.6. The van der Waals surface area contributed by atoms with Gasteiger partial charge in [-0.05, 0) is 37.3 Å². The van der Waals surface area contributed by atoms with Crippen LogP contribution in [0.5, 0.6) is 0 Å². The smallest absolute Gasteiger partial charge is 0.282 e. The van der Waals surface area contributed by atoms with E-state index in [0.717, 1.165) is 6.26 Å². The standard InChI is InChI=1S/C22H19FN4O4S/c1-13-9-10-17-19(25-13)18(15-7-5-11-24-21(15)28)20(22(29)26-32(2,30)31)27(17)12-14-6-3-4-8-16(14)23/h3-11H,12H2,1-2H3,(H,24,28)(H,26,29). The first-order valence-corrected chi connectivity index (χ1v) is 11.5. The van der Waals surface area contributed by atoms with Crippen molar-refractivity contribution in [1.82, 2.24) is 19.3 Å². The predicted molar refractivity (Wildman–Crippen MR) is 118 cm³/mol. The topological polar surface area (TPSA) is 114 Å². The zero-order chi connectivity index (χ0) is 23.0. The van der Waals surface area contributed by atoms with Crippen molar-refractivity contribution >= 4 is 27.0 Å². The van der Waals surface area contributed by atoms with Crippen molar-refractivity contribution in [2.24, 2.45) is 0 Å². The van der Waals surface area contributed by atoms with E-state index in [9.17, 15) is 22.4 Å². The van der Waals surface area contributed by atoms with Gasteiger partial charge < -0.3 is 9.55 Å². The maximum atomic E-state index is 14.5. The van der Waals surface area contributed by atoms with E-state index >= 15 is 0 Å². The fraction of sp³-hybridized carbons (Fsp3) is 0.136. The number of H-pyrrole nitrogens is 1. The first-order valence-electron chi connectivity index (χ1n) is 9.59. The molecule has 0 fully saturated rings. The average molecular weight is 454 g/mol. The molecule has 10 heteroatoms. The number of aromatic amines is 1. The van der Waals surface area contributed by atoms with E-state index < -0.39 is 27.3 Å². The molecular weight excluding hydrogens is 435 g/mol. The summed E-state index contributed by atoms with van der Waals surface area (Å²) in [6.07, 6.45) is 2.30. The number of carbonyl (C=O) groups excluding carboxylic acids is 1. The molecule has 0 aliphatic carbocycles. The van der Waals surface area contributed by atoms with Crippen LogP contribution in [0.15, 0.2) is 59.5 Å². The van der Waals surface area contributed by atoms with Crippen LogP contribution in [0.1, 0.15) is 21.7 Å². The molecule has 0 atom stereocenters. The van der Waals surface area contributed by atoms with Gasteiger partial charge in [0.25, 0.3) is 11.5 Å². The Bertz CT molecular complexity index is 1520. The van der Waals surface area contributed by atoms with E-state index in [1.165, 1.54) is 22.9 Å². The second-order valence-electron chi connectivity index (χ2n) is 7.34. The van der Waals surface area contributed by atoms with Gasteiger partial charge in [0.05, 0.1) is 29.4 Å². The third-order valence-electron chi connectivity index (χ3n) is 4.91. The van der Waals surface area contributed by atoms with Gasteiger partial charge in [-0.3, -0.25) is 14.6 Å². The number of carbonyl (C=O) groups is 1. The van der Waals surface area contributed by atoms with E-state index in [1.807, 2.05) is 4.72 Å². The van der Waals surface area contributed by atoms with Crippen LogP contribution < -0.4 is 10.3 Å². The van der Waals surface area contributed by atoms with Crippen LogP contribution >= 0.6 is 0 Å². The van der Waals surface area contributed by atoms with Crippen LogP contribution in [-0.4, -0.2) is 35.1 Å². The largest absolute Gasteiger partial charge is 0.330 e. The number of fused-ring (bicyclic) bond motifs is 1. The zero-order valence-electron chi connectivity index (χ0n) is 17.2. The molecule has 0 bridgehead atoms. The van der Waals surface area contributed by atoms with Crippen molar-refractivity contribution in [3.63, 3.8) is 0 Å². The van der Waals surface area contributed by atoms with Gasteiger partial charge in [-0.25, -0.2) is 17.5 Å². The number of aromatic nitrogens is 3. The molecule has 0 saturated carbocycles. The monoisotopic (exact) mass is 454 g/mol. The van der Waals surface area contributed by atoms with E-state index in [-0.39, 0.29) is 28.9 Å². The minimum atomic E-state index is -3.92. The quantitative estimate of drug-likeness (QED) is 0.481. The van der Waals surface area contributed by atoms with E-state index in [2.05, 4.69) is 9.97 Å². The SMILES string of the molecule is Cc1ccc2c(n1)c(-c1ccc[nH]c1=O)c(C(=O)NS(C)(=O)=O)n2Cc1ccccc1F. The summed E-state index contributed by atoms with van der Waals surface area (Å²) in [5, 5.41) is 0. The summed E-state index contributed by atoms with van der Waals surface area (Å²) in [6.45, 7) is 1.67. The summed E-state index contributed by atoms with van der Waals surface area (Å²) >= 11 is 0. The van der Waals surface area contributed by atoms with Crippen molar-refractivity contribution in [3.8, 4) is 11.1 Å². The van der Waals surface area contributed by atoms with Gasteiger partial charge in [0.15, 0.2) is 0 Å². The van der Waals surface area contributed by atoms with Gasteiger partial charge in [-0.2, -0.15) is 0 Å². The molecule has 0 saturated heterocycles. The van der Waals surface area contributed by atoms with E-state index in [4.69, 9.17) is 0 Å².